The van der Waals surface area contributed by atoms with Crippen LogP contribution in [0.2, 0.25) is 10.0 Å². The third-order valence-corrected chi connectivity index (χ3v) is 5.65. The first-order valence-electron chi connectivity index (χ1n) is 7.57. The molecule has 0 atom stereocenters. The van der Waals surface area contributed by atoms with Gasteiger partial charge < -0.3 is 8.98 Å². The Balaban J connectivity index is 1.91. The summed E-state index contributed by atoms with van der Waals surface area (Å²) >= 11 is 13.8. The van der Waals surface area contributed by atoms with E-state index in [4.69, 9.17) is 34.0 Å². The molecule has 4 aromatic rings. The summed E-state index contributed by atoms with van der Waals surface area (Å²) in [5, 5.41) is 1.86. The van der Waals surface area contributed by atoms with E-state index in [1.807, 2.05) is 18.2 Å². The molecule has 0 N–H and O–H groups in total. The molecule has 7 heteroatoms. The summed E-state index contributed by atoms with van der Waals surface area (Å²) in [4.78, 5) is 17.2. The minimum Gasteiger partial charge on any atom is -0.451 e. The Hall–Kier alpha value is -2.52. The SMILES string of the molecule is C#CCn1c(=NC(=O)c2cc3ccccc3o2)sc2c(Cl)ccc(Cl)c21. The van der Waals surface area contributed by atoms with Gasteiger partial charge >= 0.3 is 5.91 Å². The molecule has 2 aromatic heterocycles. The van der Waals surface area contributed by atoms with E-state index in [-0.39, 0.29) is 12.3 Å². The number of fused-ring (bicyclic) bond motifs is 2. The first-order valence-corrected chi connectivity index (χ1v) is 9.14. The molecule has 2 aromatic carbocycles. The van der Waals surface area contributed by atoms with Crippen LogP contribution in [0.3, 0.4) is 0 Å². The van der Waals surface area contributed by atoms with Crippen molar-refractivity contribution in [3.63, 3.8) is 0 Å². The van der Waals surface area contributed by atoms with Gasteiger partial charge in [0.2, 0.25) is 0 Å². The lowest BCUT2D eigenvalue weighted by Gasteiger charge is -2.02. The molecule has 0 aliphatic rings. The summed E-state index contributed by atoms with van der Waals surface area (Å²) in [6.45, 7) is 0.215. The van der Waals surface area contributed by atoms with Crippen molar-refractivity contribution in [1.29, 1.82) is 0 Å². The number of carbonyl (C=O) groups excluding carboxylic acids is 1. The Morgan fingerprint density at radius 2 is 2.00 bits per heavy atom. The number of halogens is 2. The van der Waals surface area contributed by atoms with Gasteiger partial charge in [-0.25, -0.2) is 0 Å². The summed E-state index contributed by atoms with van der Waals surface area (Å²) in [7, 11) is 0. The zero-order valence-electron chi connectivity index (χ0n) is 13.2. The summed E-state index contributed by atoms with van der Waals surface area (Å²) in [5.41, 5.74) is 1.29. The van der Waals surface area contributed by atoms with Gasteiger partial charge in [-0.3, -0.25) is 4.79 Å². The van der Waals surface area contributed by atoms with Crippen LogP contribution in [0.25, 0.3) is 21.2 Å². The summed E-state index contributed by atoms with van der Waals surface area (Å²) in [5.74, 6) is 2.22. The zero-order valence-corrected chi connectivity index (χ0v) is 15.5. The molecule has 128 valence electrons. The van der Waals surface area contributed by atoms with E-state index < -0.39 is 5.91 Å². The zero-order chi connectivity index (χ0) is 18.3. The van der Waals surface area contributed by atoms with Crippen molar-refractivity contribution < 1.29 is 9.21 Å². The van der Waals surface area contributed by atoms with Crippen LogP contribution in [0.15, 0.2) is 51.9 Å². The van der Waals surface area contributed by atoms with Crippen LogP contribution in [0.4, 0.5) is 0 Å². The van der Waals surface area contributed by atoms with Crippen LogP contribution < -0.4 is 4.80 Å². The molecule has 0 bridgehead atoms. The van der Waals surface area contributed by atoms with E-state index in [2.05, 4.69) is 10.9 Å². The van der Waals surface area contributed by atoms with Crippen molar-refractivity contribution in [2.45, 2.75) is 6.54 Å². The van der Waals surface area contributed by atoms with Crippen molar-refractivity contribution in [2.75, 3.05) is 0 Å². The van der Waals surface area contributed by atoms with Crippen molar-refractivity contribution >= 4 is 61.6 Å². The molecule has 2 heterocycles. The van der Waals surface area contributed by atoms with E-state index in [0.29, 0.717) is 25.9 Å². The molecule has 0 radical (unpaired) electrons. The van der Waals surface area contributed by atoms with Crippen LogP contribution in [0, 0.1) is 12.3 Å². The first-order chi connectivity index (χ1) is 12.6. The predicted octanol–water partition coefficient (Wildman–Crippen LogP) is 5.13. The maximum absolute atomic E-state index is 12.6. The van der Waals surface area contributed by atoms with Crippen LogP contribution in [0.1, 0.15) is 10.6 Å². The van der Waals surface area contributed by atoms with E-state index in [1.54, 1.807) is 28.8 Å². The number of para-hydroxylation sites is 1. The third-order valence-electron chi connectivity index (χ3n) is 3.81. The van der Waals surface area contributed by atoms with Gasteiger partial charge in [0.25, 0.3) is 0 Å². The van der Waals surface area contributed by atoms with Gasteiger partial charge in [0.15, 0.2) is 10.6 Å². The fraction of sp³-hybridized carbons (Fsp3) is 0.0526. The molecule has 0 unspecified atom stereocenters. The van der Waals surface area contributed by atoms with Crippen molar-refractivity contribution in [2.24, 2.45) is 4.99 Å². The number of carbonyl (C=O) groups is 1. The second-order valence-electron chi connectivity index (χ2n) is 5.45. The molecule has 0 spiro atoms. The lowest BCUT2D eigenvalue weighted by molar-refractivity contribution is 0.0973. The Kier molecular flexibility index (Phi) is 4.33. The van der Waals surface area contributed by atoms with Crippen molar-refractivity contribution in [1.82, 2.24) is 4.57 Å². The minimum atomic E-state index is -0.495. The maximum atomic E-state index is 12.6. The fourth-order valence-corrected chi connectivity index (χ4v) is 4.31. The quantitative estimate of drug-likeness (QED) is 0.437. The molecular weight excluding hydrogens is 391 g/mol. The summed E-state index contributed by atoms with van der Waals surface area (Å²) in [6.07, 6.45) is 5.47. The van der Waals surface area contributed by atoms with Crippen molar-refractivity contribution in [3.05, 3.63) is 63.1 Å². The smallest absolute Gasteiger partial charge is 0.315 e. The molecule has 0 saturated heterocycles. The largest absolute Gasteiger partial charge is 0.451 e. The Labute approximate surface area is 162 Å². The van der Waals surface area contributed by atoms with Gasteiger partial charge in [-0.1, -0.05) is 58.7 Å². The standard InChI is InChI=1S/C19H10Cl2N2O2S/c1-2-9-23-16-12(20)7-8-13(21)17(16)26-19(23)22-18(24)15-10-11-5-3-4-6-14(11)25-15/h1,3-8,10H,9H2. The lowest BCUT2D eigenvalue weighted by atomic mass is 10.2. The van der Waals surface area contributed by atoms with Crippen molar-refractivity contribution in [3.8, 4) is 12.3 Å². The normalized spacial score (nSPS) is 12.0. The number of amides is 1. The van der Waals surface area contributed by atoms with Gasteiger partial charge in [-0.15, -0.1) is 6.42 Å². The van der Waals surface area contributed by atoms with E-state index in [9.17, 15) is 4.79 Å². The average Bonchev–Trinajstić information content (AvgIpc) is 3.21. The number of aromatic nitrogens is 1. The minimum absolute atomic E-state index is 0.160. The van der Waals surface area contributed by atoms with E-state index in [1.165, 1.54) is 11.3 Å². The molecule has 1 amide bonds. The predicted molar refractivity (Wildman–Crippen MR) is 105 cm³/mol. The van der Waals surface area contributed by atoms with Gasteiger partial charge in [-0.05, 0) is 24.3 Å². The highest BCUT2D eigenvalue weighted by Gasteiger charge is 2.15. The molecule has 0 aliphatic heterocycles. The number of benzene rings is 2. The van der Waals surface area contributed by atoms with E-state index in [0.717, 1.165) is 10.1 Å². The second kappa shape index (κ2) is 6.65. The highest BCUT2D eigenvalue weighted by Crippen LogP contribution is 2.31. The van der Waals surface area contributed by atoms with Gasteiger partial charge in [-0.2, -0.15) is 4.99 Å². The van der Waals surface area contributed by atoms with Crippen LogP contribution >= 0.6 is 34.5 Å². The summed E-state index contributed by atoms with van der Waals surface area (Å²) < 4.78 is 8.01. The maximum Gasteiger partial charge on any atom is 0.315 e. The van der Waals surface area contributed by atoms with Crippen LogP contribution in [-0.4, -0.2) is 10.5 Å². The highest BCUT2D eigenvalue weighted by molar-refractivity contribution is 7.17. The molecule has 0 aliphatic carbocycles. The Bertz CT molecular complexity index is 1240. The molecule has 4 rings (SSSR count). The number of thiazole rings is 1. The van der Waals surface area contributed by atoms with Gasteiger partial charge in [0.05, 0.1) is 26.8 Å². The lowest BCUT2D eigenvalue weighted by Crippen LogP contribution is -2.16. The third kappa shape index (κ3) is 2.82. The molecule has 26 heavy (non-hydrogen) atoms. The molecule has 4 nitrogen and oxygen atoms in total. The van der Waals surface area contributed by atoms with Gasteiger partial charge in [0.1, 0.15) is 5.58 Å². The number of rotatable bonds is 2. The van der Waals surface area contributed by atoms with E-state index >= 15 is 0 Å². The Morgan fingerprint density at radius 1 is 1.23 bits per heavy atom. The Morgan fingerprint density at radius 3 is 2.77 bits per heavy atom. The molecule has 0 fully saturated rings. The highest BCUT2D eigenvalue weighted by atomic mass is 35.5. The monoisotopic (exact) mass is 400 g/mol. The molecule has 0 saturated carbocycles. The van der Waals surface area contributed by atoms with Crippen LogP contribution in [0.5, 0.6) is 0 Å². The number of furan rings is 1. The fourth-order valence-electron chi connectivity index (χ4n) is 2.66. The van der Waals surface area contributed by atoms with Crippen LogP contribution in [-0.2, 0) is 6.54 Å². The topological polar surface area (TPSA) is 47.5 Å². The summed E-state index contributed by atoms with van der Waals surface area (Å²) in [6, 6.07) is 12.4. The number of terminal acetylenes is 1. The molecular formula is C19H10Cl2N2O2S. The number of hydrogen-bond donors (Lipinski definition) is 0. The number of hydrogen-bond acceptors (Lipinski definition) is 3. The average molecular weight is 401 g/mol. The van der Waals surface area contributed by atoms with Gasteiger partial charge in [0, 0.05) is 5.39 Å². The first kappa shape index (κ1) is 16.9. The number of nitrogens with zero attached hydrogens (tertiary/aromatic N) is 2. The second-order valence-corrected chi connectivity index (χ2v) is 7.24.